The van der Waals surface area contributed by atoms with Crippen LogP contribution in [0.4, 0.5) is 0 Å². The van der Waals surface area contributed by atoms with Crippen molar-refractivity contribution in [3.05, 3.63) is 0 Å². The molecule has 0 radical (unpaired) electrons. The van der Waals surface area contributed by atoms with Gasteiger partial charge < -0.3 is 5.32 Å². The molecule has 2 fully saturated rings. The van der Waals surface area contributed by atoms with Crippen LogP contribution in [0.3, 0.4) is 0 Å². The molecular formula is C14H27NS. The van der Waals surface area contributed by atoms with Crippen LogP contribution in [0.5, 0.6) is 0 Å². The molecule has 1 N–H and O–H groups in total. The third-order valence-corrected chi connectivity index (χ3v) is 5.82. The Hall–Kier alpha value is 0.310. The van der Waals surface area contributed by atoms with E-state index in [2.05, 4.69) is 37.8 Å². The van der Waals surface area contributed by atoms with Crippen LogP contribution in [0, 0.1) is 17.3 Å². The maximum absolute atomic E-state index is 3.71. The fraction of sp³-hybridized carbons (Fsp3) is 1.00. The summed E-state index contributed by atoms with van der Waals surface area (Å²) in [6, 6.07) is 0. The van der Waals surface area contributed by atoms with Crippen LogP contribution in [0.2, 0.25) is 0 Å². The van der Waals surface area contributed by atoms with E-state index in [1.165, 1.54) is 44.4 Å². The first-order chi connectivity index (χ1) is 7.57. The summed E-state index contributed by atoms with van der Waals surface area (Å²) in [6.45, 7) is 8.47. The second kappa shape index (κ2) is 5.30. The van der Waals surface area contributed by atoms with Gasteiger partial charge in [-0.2, -0.15) is 0 Å². The van der Waals surface area contributed by atoms with Gasteiger partial charge in [0, 0.05) is 0 Å². The fourth-order valence-electron chi connectivity index (χ4n) is 3.18. The van der Waals surface area contributed by atoms with Crippen molar-refractivity contribution in [2.75, 3.05) is 12.3 Å². The lowest BCUT2D eigenvalue weighted by Crippen LogP contribution is -2.40. The summed E-state index contributed by atoms with van der Waals surface area (Å²) >= 11 is 2.17. The number of hydrogen-bond acceptors (Lipinski definition) is 2. The van der Waals surface area contributed by atoms with Gasteiger partial charge in [-0.15, -0.1) is 11.8 Å². The molecule has 2 heteroatoms. The van der Waals surface area contributed by atoms with Crippen molar-refractivity contribution in [2.45, 2.75) is 58.2 Å². The highest BCUT2D eigenvalue weighted by molar-refractivity contribution is 7.99. The van der Waals surface area contributed by atoms with E-state index in [-0.39, 0.29) is 0 Å². The highest BCUT2D eigenvalue weighted by atomic mass is 32.2. The Balaban J connectivity index is 1.80. The summed E-state index contributed by atoms with van der Waals surface area (Å²) in [5, 5.41) is 4.48. The third kappa shape index (κ3) is 3.16. The van der Waals surface area contributed by atoms with Gasteiger partial charge >= 0.3 is 0 Å². The standard InChI is InChI=1S/C14H27NS/c1-14(2,3)12-7-5-11(6-8-12)13-15-9-4-10-16-13/h11-13,15H,4-10H2,1-3H3. The third-order valence-electron chi connectivity index (χ3n) is 4.39. The molecule has 1 nitrogen and oxygen atoms in total. The highest BCUT2D eigenvalue weighted by Gasteiger charge is 2.33. The minimum atomic E-state index is 0.526. The minimum Gasteiger partial charge on any atom is -0.305 e. The predicted octanol–water partition coefficient (Wildman–Crippen LogP) is 3.89. The molecule has 2 aliphatic rings. The molecule has 94 valence electrons. The quantitative estimate of drug-likeness (QED) is 0.747. The monoisotopic (exact) mass is 241 g/mol. The summed E-state index contributed by atoms with van der Waals surface area (Å²) in [5.41, 5.74) is 0.526. The fourth-order valence-corrected chi connectivity index (χ4v) is 4.52. The van der Waals surface area contributed by atoms with Gasteiger partial charge in [0.05, 0.1) is 5.37 Å². The molecule has 1 aliphatic carbocycles. The zero-order chi connectivity index (χ0) is 11.6. The molecule has 2 rings (SSSR count). The molecule has 16 heavy (non-hydrogen) atoms. The van der Waals surface area contributed by atoms with Gasteiger partial charge in [-0.25, -0.2) is 0 Å². The van der Waals surface area contributed by atoms with Crippen molar-refractivity contribution in [1.29, 1.82) is 0 Å². The van der Waals surface area contributed by atoms with E-state index in [0.717, 1.165) is 17.2 Å². The molecule has 1 saturated heterocycles. The van der Waals surface area contributed by atoms with E-state index in [0.29, 0.717) is 5.41 Å². The van der Waals surface area contributed by atoms with Crippen molar-refractivity contribution in [2.24, 2.45) is 17.3 Å². The smallest absolute Gasteiger partial charge is 0.0560 e. The van der Waals surface area contributed by atoms with Crippen LogP contribution in [0.25, 0.3) is 0 Å². The lowest BCUT2D eigenvalue weighted by Gasteiger charge is -2.40. The summed E-state index contributed by atoms with van der Waals surface area (Å²) in [4.78, 5) is 0. The Kier molecular flexibility index (Phi) is 4.23. The molecule has 1 unspecified atom stereocenters. The summed E-state index contributed by atoms with van der Waals surface area (Å²) in [6.07, 6.45) is 7.16. The zero-order valence-corrected chi connectivity index (χ0v) is 11.9. The van der Waals surface area contributed by atoms with Gasteiger partial charge in [-0.05, 0) is 61.7 Å². The summed E-state index contributed by atoms with van der Waals surface area (Å²) < 4.78 is 0. The van der Waals surface area contributed by atoms with Crippen LogP contribution >= 0.6 is 11.8 Å². The Morgan fingerprint density at radius 3 is 2.25 bits per heavy atom. The topological polar surface area (TPSA) is 12.0 Å². The van der Waals surface area contributed by atoms with E-state index in [4.69, 9.17) is 0 Å². The van der Waals surface area contributed by atoms with E-state index in [1.54, 1.807) is 0 Å². The molecule has 0 spiro atoms. The number of rotatable bonds is 1. The van der Waals surface area contributed by atoms with Crippen molar-refractivity contribution in [1.82, 2.24) is 5.32 Å². The average molecular weight is 241 g/mol. The Labute approximate surface area is 105 Å². The van der Waals surface area contributed by atoms with Crippen LogP contribution in [0.1, 0.15) is 52.9 Å². The lowest BCUT2D eigenvalue weighted by molar-refractivity contribution is 0.145. The van der Waals surface area contributed by atoms with Crippen LogP contribution in [-0.2, 0) is 0 Å². The van der Waals surface area contributed by atoms with Gasteiger partial charge in [0.15, 0.2) is 0 Å². The first kappa shape index (κ1) is 12.8. The van der Waals surface area contributed by atoms with Gasteiger partial charge in [0.1, 0.15) is 0 Å². The minimum absolute atomic E-state index is 0.526. The van der Waals surface area contributed by atoms with E-state index < -0.39 is 0 Å². The molecule has 1 saturated carbocycles. The Morgan fingerprint density at radius 1 is 1.06 bits per heavy atom. The van der Waals surface area contributed by atoms with Gasteiger partial charge in [0.25, 0.3) is 0 Å². The summed E-state index contributed by atoms with van der Waals surface area (Å²) in [7, 11) is 0. The molecule has 0 aromatic heterocycles. The lowest BCUT2D eigenvalue weighted by atomic mass is 9.70. The van der Waals surface area contributed by atoms with Gasteiger partial charge in [-0.1, -0.05) is 20.8 Å². The predicted molar refractivity (Wildman–Crippen MR) is 73.8 cm³/mol. The van der Waals surface area contributed by atoms with Crippen molar-refractivity contribution in [3.63, 3.8) is 0 Å². The maximum Gasteiger partial charge on any atom is 0.0560 e. The Bertz CT molecular complexity index is 207. The largest absolute Gasteiger partial charge is 0.305 e. The second-order valence-electron chi connectivity index (χ2n) is 6.58. The zero-order valence-electron chi connectivity index (χ0n) is 11.1. The molecule has 1 atom stereocenters. The van der Waals surface area contributed by atoms with Gasteiger partial charge in [0.2, 0.25) is 0 Å². The SMILES string of the molecule is CC(C)(C)C1CCC(C2NCCCS2)CC1. The molecule has 0 aromatic carbocycles. The molecule has 1 aliphatic heterocycles. The van der Waals surface area contributed by atoms with E-state index in [1.807, 2.05) is 0 Å². The Morgan fingerprint density at radius 2 is 1.75 bits per heavy atom. The summed E-state index contributed by atoms with van der Waals surface area (Å²) in [5.74, 6) is 3.28. The van der Waals surface area contributed by atoms with Crippen molar-refractivity contribution >= 4 is 11.8 Å². The molecule has 1 heterocycles. The molecule has 0 aromatic rings. The normalized spacial score (nSPS) is 37.3. The van der Waals surface area contributed by atoms with Crippen molar-refractivity contribution in [3.8, 4) is 0 Å². The highest BCUT2D eigenvalue weighted by Crippen LogP contribution is 2.42. The molecule has 0 amide bonds. The van der Waals surface area contributed by atoms with E-state index >= 15 is 0 Å². The van der Waals surface area contributed by atoms with Crippen LogP contribution in [0.15, 0.2) is 0 Å². The number of nitrogens with one attached hydrogen (secondary N) is 1. The number of hydrogen-bond donors (Lipinski definition) is 1. The van der Waals surface area contributed by atoms with Crippen molar-refractivity contribution < 1.29 is 0 Å². The molecule has 0 bridgehead atoms. The molecular weight excluding hydrogens is 214 g/mol. The first-order valence-electron chi connectivity index (χ1n) is 6.92. The number of thioether (sulfide) groups is 1. The van der Waals surface area contributed by atoms with Crippen LogP contribution in [-0.4, -0.2) is 17.7 Å². The first-order valence-corrected chi connectivity index (χ1v) is 7.97. The second-order valence-corrected chi connectivity index (χ2v) is 7.83. The maximum atomic E-state index is 3.71. The average Bonchev–Trinajstić information content (AvgIpc) is 2.29. The van der Waals surface area contributed by atoms with Crippen LogP contribution < -0.4 is 5.32 Å². The van der Waals surface area contributed by atoms with Gasteiger partial charge in [-0.3, -0.25) is 0 Å². The van der Waals surface area contributed by atoms with E-state index in [9.17, 15) is 0 Å².